The van der Waals surface area contributed by atoms with Crippen LogP contribution in [0.25, 0.3) is 11.1 Å². The first-order chi connectivity index (χ1) is 12.1. The van der Waals surface area contributed by atoms with Gasteiger partial charge in [-0.05, 0) is 89.3 Å². The molecule has 2 saturated carbocycles. The molecule has 3 aliphatic rings. The van der Waals surface area contributed by atoms with Crippen molar-refractivity contribution >= 4 is 11.1 Å². The predicted octanol–water partition coefficient (Wildman–Crippen LogP) is 6.54. The maximum absolute atomic E-state index is 2.48. The molecule has 0 heteroatoms. The zero-order valence-corrected chi connectivity index (χ0v) is 15.4. The van der Waals surface area contributed by atoms with Gasteiger partial charge in [0, 0.05) is 0 Å². The van der Waals surface area contributed by atoms with E-state index in [-0.39, 0.29) is 0 Å². The summed E-state index contributed by atoms with van der Waals surface area (Å²) in [4.78, 5) is 0. The van der Waals surface area contributed by atoms with E-state index < -0.39 is 0 Å². The molecule has 0 amide bonds. The minimum Gasteiger partial charge on any atom is -0.0799 e. The Labute approximate surface area is 151 Å². The first-order valence-electron chi connectivity index (χ1n) is 9.74. The van der Waals surface area contributed by atoms with E-state index in [0.717, 1.165) is 17.8 Å². The zero-order chi connectivity index (χ0) is 17.1. The van der Waals surface area contributed by atoms with Gasteiger partial charge in [-0.3, -0.25) is 0 Å². The Morgan fingerprint density at radius 2 is 1.72 bits per heavy atom. The molecule has 0 heterocycles. The van der Waals surface area contributed by atoms with Crippen molar-refractivity contribution < 1.29 is 0 Å². The van der Waals surface area contributed by atoms with Gasteiger partial charge in [0.05, 0.1) is 0 Å². The van der Waals surface area contributed by atoms with Crippen LogP contribution in [0.1, 0.15) is 53.5 Å². The third-order valence-corrected chi connectivity index (χ3v) is 6.62. The van der Waals surface area contributed by atoms with Crippen LogP contribution in [0.3, 0.4) is 0 Å². The average molecular weight is 326 g/mol. The summed E-state index contributed by atoms with van der Waals surface area (Å²) in [6.45, 7) is 6.83. The number of hydrogen-bond acceptors (Lipinski definition) is 0. The molecular weight excluding hydrogens is 300 g/mol. The van der Waals surface area contributed by atoms with Crippen molar-refractivity contribution in [2.24, 2.45) is 17.8 Å². The second-order valence-corrected chi connectivity index (χ2v) is 8.35. The number of hydrogen-bond donors (Lipinski definition) is 0. The van der Waals surface area contributed by atoms with Gasteiger partial charge in [-0.2, -0.15) is 0 Å². The summed E-state index contributed by atoms with van der Waals surface area (Å²) >= 11 is 0. The monoisotopic (exact) mass is 326 g/mol. The molecule has 3 unspecified atom stereocenters. The van der Waals surface area contributed by atoms with Crippen molar-refractivity contribution in [1.29, 1.82) is 0 Å². The molecule has 0 N–H and O–H groups in total. The van der Waals surface area contributed by atoms with Crippen molar-refractivity contribution in [3.05, 3.63) is 82.4 Å². The summed E-state index contributed by atoms with van der Waals surface area (Å²) in [5.41, 5.74) is 10.2. The lowest BCUT2D eigenvalue weighted by molar-refractivity contribution is 0.889. The normalized spacial score (nSPS) is 27.4. The summed E-state index contributed by atoms with van der Waals surface area (Å²) in [6, 6.07) is 16.4. The Balaban J connectivity index is 1.67. The van der Waals surface area contributed by atoms with Crippen LogP contribution in [-0.4, -0.2) is 0 Å². The van der Waals surface area contributed by atoms with E-state index in [1.165, 1.54) is 40.7 Å². The third kappa shape index (κ3) is 2.51. The Kier molecular flexibility index (Phi) is 3.32. The standard InChI is InChI=1S/C25H26/c1-15-7-8-20(13-16(15)2)23-12-11-22-17(3)24(22)25(23)21-6-4-5-19(14-21)18-9-10-18/h4-8,11-14,17-18,22,24H,9-10H2,1-3H3. The van der Waals surface area contributed by atoms with E-state index in [2.05, 4.69) is 75.4 Å². The minimum atomic E-state index is 0.705. The summed E-state index contributed by atoms with van der Waals surface area (Å²) < 4.78 is 0. The molecule has 0 nitrogen and oxygen atoms in total. The lowest BCUT2D eigenvalue weighted by Gasteiger charge is -2.18. The second-order valence-electron chi connectivity index (χ2n) is 8.35. The fourth-order valence-electron chi connectivity index (χ4n) is 4.61. The lowest BCUT2D eigenvalue weighted by atomic mass is 9.86. The molecule has 25 heavy (non-hydrogen) atoms. The molecule has 0 saturated heterocycles. The smallest absolute Gasteiger partial charge is 0.00525 e. The highest BCUT2D eigenvalue weighted by molar-refractivity contribution is 5.99. The SMILES string of the molecule is Cc1ccc(C2=C(c3cccc(C4CC4)c3)C3C(C)C3C=C2)cc1C. The first kappa shape index (κ1) is 15.2. The molecule has 0 bridgehead atoms. The van der Waals surface area contributed by atoms with Crippen molar-refractivity contribution in [3.63, 3.8) is 0 Å². The number of aryl methyl sites for hydroxylation is 2. The summed E-state index contributed by atoms with van der Waals surface area (Å²) in [7, 11) is 0. The van der Waals surface area contributed by atoms with E-state index in [0.29, 0.717) is 5.92 Å². The highest BCUT2D eigenvalue weighted by atomic mass is 14.5. The topological polar surface area (TPSA) is 0 Å². The second kappa shape index (κ2) is 5.46. The Bertz CT molecular complexity index is 907. The van der Waals surface area contributed by atoms with Gasteiger partial charge in [-0.25, -0.2) is 0 Å². The Morgan fingerprint density at radius 3 is 2.48 bits per heavy atom. The Morgan fingerprint density at radius 1 is 0.880 bits per heavy atom. The molecule has 0 aromatic heterocycles. The van der Waals surface area contributed by atoms with E-state index in [4.69, 9.17) is 0 Å². The highest BCUT2D eigenvalue weighted by Crippen LogP contribution is 2.59. The number of rotatable bonds is 3. The third-order valence-electron chi connectivity index (χ3n) is 6.62. The molecule has 126 valence electrons. The molecule has 2 aromatic carbocycles. The van der Waals surface area contributed by atoms with Crippen molar-refractivity contribution in [2.45, 2.75) is 39.5 Å². The quantitative estimate of drug-likeness (QED) is 0.600. The largest absolute Gasteiger partial charge is 0.0799 e. The summed E-state index contributed by atoms with van der Waals surface area (Å²) in [5.74, 6) is 3.04. The molecule has 0 aliphatic heterocycles. The molecule has 2 aromatic rings. The lowest BCUT2D eigenvalue weighted by Crippen LogP contribution is -2.00. The van der Waals surface area contributed by atoms with Crippen LogP contribution < -0.4 is 0 Å². The van der Waals surface area contributed by atoms with Gasteiger partial charge in [0.25, 0.3) is 0 Å². The molecule has 3 aliphatic carbocycles. The van der Waals surface area contributed by atoms with E-state index in [1.807, 2.05) is 0 Å². The van der Waals surface area contributed by atoms with Crippen LogP contribution in [0, 0.1) is 31.6 Å². The summed E-state index contributed by atoms with van der Waals surface area (Å²) in [6.07, 6.45) is 7.59. The fraction of sp³-hybridized carbons (Fsp3) is 0.360. The zero-order valence-electron chi connectivity index (χ0n) is 15.4. The molecule has 0 spiro atoms. The van der Waals surface area contributed by atoms with Crippen LogP contribution in [0.2, 0.25) is 0 Å². The molecular formula is C25H26. The van der Waals surface area contributed by atoms with Gasteiger partial charge >= 0.3 is 0 Å². The minimum absolute atomic E-state index is 0.705. The van der Waals surface area contributed by atoms with Gasteiger partial charge < -0.3 is 0 Å². The molecule has 0 radical (unpaired) electrons. The average Bonchev–Trinajstić information content (AvgIpc) is 3.54. The maximum Gasteiger partial charge on any atom is -0.00525 e. The van der Waals surface area contributed by atoms with Gasteiger partial charge in [0.2, 0.25) is 0 Å². The predicted molar refractivity (Wildman–Crippen MR) is 106 cm³/mol. The van der Waals surface area contributed by atoms with Crippen LogP contribution in [-0.2, 0) is 0 Å². The van der Waals surface area contributed by atoms with E-state index in [9.17, 15) is 0 Å². The first-order valence-corrected chi connectivity index (χ1v) is 9.74. The van der Waals surface area contributed by atoms with E-state index >= 15 is 0 Å². The van der Waals surface area contributed by atoms with Crippen molar-refractivity contribution in [3.8, 4) is 0 Å². The maximum atomic E-state index is 2.48. The fourth-order valence-corrected chi connectivity index (χ4v) is 4.61. The molecule has 5 rings (SSSR count). The van der Waals surface area contributed by atoms with Crippen molar-refractivity contribution in [2.75, 3.05) is 0 Å². The van der Waals surface area contributed by atoms with Crippen LogP contribution in [0.4, 0.5) is 0 Å². The van der Waals surface area contributed by atoms with Gasteiger partial charge in [0.1, 0.15) is 0 Å². The summed E-state index contributed by atoms with van der Waals surface area (Å²) in [5, 5.41) is 0. The number of fused-ring (bicyclic) bond motifs is 1. The Hall–Kier alpha value is -2.08. The molecule has 2 fully saturated rings. The van der Waals surface area contributed by atoms with Crippen LogP contribution >= 0.6 is 0 Å². The van der Waals surface area contributed by atoms with Gasteiger partial charge in [-0.1, -0.05) is 61.5 Å². The number of benzene rings is 2. The van der Waals surface area contributed by atoms with Crippen molar-refractivity contribution in [1.82, 2.24) is 0 Å². The number of allylic oxidation sites excluding steroid dienone is 4. The van der Waals surface area contributed by atoms with E-state index in [1.54, 1.807) is 11.1 Å². The van der Waals surface area contributed by atoms with Crippen LogP contribution in [0.15, 0.2) is 54.6 Å². The highest BCUT2D eigenvalue weighted by Gasteiger charge is 2.49. The molecule has 3 atom stereocenters. The van der Waals surface area contributed by atoms with Gasteiger partial charge in [-0.15, -0.1) is 0 Å². The van der Waals surface area contributed by atoms with Gasteiger partial charge in [0.15, 0.2) is 0 Å². The van der Waals surface area contributed by atoms with Crippen LogP contribution in [0.5, 0.6) is 0 Å².